The van der Waals surface area contributed by atoms with E-state index in [2.05, 4.69) is 28.9 Å². The first kappa shape index (κ1) is 19.0. The number of amides is 1. The van der Waals surface area contributed by atoms with Crippen LogP contribution in [0.2, 0.25) is 0 Å². The van der Waals surface area contributed by atoms with E-state index in [4.69, 9.17) is 0 Å². The number of aromatic nitrogens is 3. The molecule has 0 N–H and O–H groups in total. The molecule has 1 aliphatic rings. The number of hydrogen-bond acceptors (Lipinski definition) is 4. The monoisotopic (exact) mass is 372 g/mol. The maximum absolute atomic E-state index is 12.9. The van der Waals surface area contributed by atoms with Gasteiger partial charge < -0.3 is 9.47 Å². The fourth-order valence-corrected chi connectivity index (χ4v) is 4.53. The van der Waals surface area contributed by atoms with Gasteiger partial charge in [-0.3, -0.25) is 4.79 Å². The smallest absolute Gasteiger partial charge is 0.233 e. The van der Waals surface area contributed by atoms with Gasteiger partial charge in [0.25, 0.3) is 0 Å². The highest BCUT2D eigenvalue weighted by atomic mass is 32.2. The number of benzene rings is 1. The standard InChI is InChI=1S/C20H28N4OS/c1-15(2)24(17-12-8-5-9-13-17)18(25)14-26-20-22-21-19(23(20)3)16-10-6-4-7-11-16/h4,6-7,10-11,15,17H,5,8-9,12-14H2,1-3H3. The average Bonchev–Trinajstić information content (AvgIpc) is 3.02. The molecule has 3 rings (SSSR count). The molecule has 0 atom stereocenters. The molecule has 0 unspecified atom stereocenters. The van der Waals surface area contributed by atoms with Gasteiger partial charge in [0.15, 0.2) is 11.0 Å². The van der Waals surface area contributed by atoms with Gasteiger partial charge in [-0.05, 0) is 26.7 Å². The molecule has 1 aromatic carbocycles. The fourth-order valence-electron chi connectivity index (χ4n) is 3.75. The number of rotatable bonds is 6. The van der Waals surface area contributed by atoms with Crippen LogP contribution in [0.15, 0.2) is 35.5 Å². The van der Waals surface area contributed by atoms with Gasteiger partial charge in [0, 0.05) is 24.7 Å². The second-order valence-electron chi connectivity index (χ2n) is 7.21. The van der Waals surface area contributed by atoms with Crippen molar-refractivity contribution in [2.45, 2.75) is 63.2 Å². The number of thioether (sulfide) groups is 1. The van der Waals surface area contributed by atoms with E-state index in [1.165, 1.54) is 31.0 Å². The molecule has 1 heterocycles. The molecular formula is C20H28N4OS. The van der Waals surface area contributed by atoms with Gasteiger partial charge >= 0.3 is 0 Å². The second-order valence-corrected chi connectivity index (χ2v) is 8.15. The van der Waals surface area contributed by atoms with Crippen molar-refractivity contribution in [3.05, 3.63) is 30.3 Å². The molecule has 0 aliphatic heterocycles. The number of carbonyl (C=O) groups is 1. The zero-order valence-electron chi connectivity index (χ0n) is 15.9. The lowest BCUT2D eigenvalue weighted by Crippen LogP contribution is -2.46. The first-order chi connectivity index (χ1) is 12.6. The summed E-state index contributed by atoms with van der Waals surface area (Å²) >= 11 is 1.48. The minimum Gasteiger partial charge on any atom is -0.337 e. The molecule has 0 radical (unpaired) electrons. The van der Waals surface area contributed by atoms with Crippen LogP contribution in [-0.2, 0) is 11.8 Å². The summed E-state index contributed by atoms with van der Waals surface area (Å²) in [5.74, 6) is 1.45. The summed E-state index contributed by atoms with van der Waals surface area (Å²) in [6.07, 6.45) is 6.04. The van der Waals surface area contributed by atoms with Gasteiger partial charge in [-0.25, -0.2) is 0 Å². The first-order valence-corrected chi connectivity index (χ1v) is 10.4. The summed E-state index contributed by atoms with van der Waals surface area (Å²) < 4.78 is 1.97. The Labute approximate surface area is 160 Å². The molecule has 0 bridgehead atoms. The van der Waals surface area contributed by atoms with Gasteiger partial charge in [0.1, 0.15) is 0 Å². The van der Waals surface area contributed by atoms with Crippen molar-refractivity contribution in [3.63, 3.8) is 0 Å². The maximum atomic E-state index is 12.9. The van der Waals surface area contributed by atoms with Gasteiger partial charge in [-0.15, -0.1) is 10.2 Å². The van der Waals surface area contributed by atoms with E-state index in [0.29, 0.717) is 11.8 Å². The van der Waals surface area contributed by atoms with Crippen molar-refractivity contribution in [2.24, 2.45) is 7.05 Å². The van der Waals surface area contributed by atoms with Gasteiger partial charge in [0.05, 0.1) is 5.75 Å². The largest absolute Gasteiger partial charge is 0.337 e. The topological polar surface area (TPSA) is 51.0 Å². The molecule has 1 amide bonds. The Morgan fingerprint density at radius 2 is 1.88 bits per heavy atom. The maximum Gasteiger partial charge on any atom is 0.233 e. The first-order valence-electron chi connectivity index (χ1n) is 9.46. The van der Waals surface area contributed by atoms with Crippen LogP contribution < -0.4 is 0 Å². The van der Waals surface area contributed by atoms with E-state index in [0.717, 1.165) is 29.4 Å². The quantitative estimate of drug-likeness (QED) is 0.715. The predicted octanol–water partition coefficient (Wildman–Crippen LogP) is 4.14. The Hall–Kier alpha value is -1.82. The highest BCUT2D eigenvalue weighted by Crippen LogP contribution is 2.27. The van der Waals surface area contributed by atoms with E-state index in [9.17, 15) is 4.79 Å². The third kappa shape index (κ3) is 4.29. The van der Waals surface area contributed by atoms with Gasteiger partial charge in [-0.1, -0.05) is 61.4 Å². The molecule has 0 spiro atoms. The fraction of sp³-hybridized carbons (Fsp3) is 0.550. The van der Waals surface area contributed by atoms with Crippen molar-refractivity contribution >= 4 is 17.7 Å². The van der Waals surface area contributed by atoms with Crippen molar-refractivity contribution in [3.8, 4) is 11.4 Å². The van der Waals surface area contributed by atoms with Crippen LogP contribution in [0.1, 0.15) is 46.0 Å². The zero-order chi connectivity index (χ0) is 18.5. The lowest BCUT2D eigenvalue weighted by molar-refractivity contribution is -0.133. The average molecular weight is 373 g/mol. The molecule has 26 heavy (non-hydrogen) atoms. The van der Waals surface area contributed by atoms with E-state index in [1.54, 1.807) is 0 Å². The molecule has 1 saturated carbocycles. The molecule has 2 aromatic rings. The summed E-state index contributed by atoms with van der Waals surface area (Å²) in [5, 5.41) is 9.37. The Bertz CT molecular complexity index is 723. The third-order valence-electron chi connectivity index (χ3n) is 5.00. The Morgan fingerprint density at radius 1 is 1.19 bits per heavy atom. The van der Waals surface area contributed by atoms with Crippen LogP contribution in [0.25, 0.3) is 11.4 Å². The second kappa shape index (κ2) is 8.71. The Balaban J connectivity index is 1.66. The van der Waals surface area contributed by atoms with Crippen LogP contribution in [0.5, 0.6) is 0 Å². The number of nitrogens with zero attached hydrogens (tertiary/aromatic N) is 4. The zero-order valence-corrected chi connectivity index (χ0v) is 16.7. The minimum absolute atomic E-state index is 0.209. The molecule has 5 nitrogen and oxygen atoms in total. The molecule has 0 saturated heterocycles. The third-order valence-corrected chi connectivity index (χ3v) is 6.01. The van der Waals surface area contributed by atoms with E-state index in [1.807, 2.05) is 41.9 Å². The number of carbonyl (C=O) groups excluding carboxylic acids is 1. The molecule has 1 aliphatic carbocycles. The summed E-state index contributed by atoms with van der Waals surface area (Å²) in [4.78, 5) is 15.0. The van der Waals surface area contributed by atoms with Crippen LogP contribution >= 0.6 is 11.8 Å². The summed E-state index contributed by atoms with van der Waals surface area (Å²) in [6, 6.07) is 10.7. The van der Waals surface area contributed by atoms with Crippen LogP contribution in [-0.4, -0.2) is 43.4 Å². The van der Waals surface area contributed by atoms with Crippen molar-refractivity contribution in [1.82, 2.24) is 19.7 Å². The Morgan fingerprint density at radius 3 is 2.54 bits per heavy atom. The lowest BCUT2D eigenvalue weighted by atomic mass is 9.93. The van der Waals surface area contributed by atoms with Crippen LogP contribution in [0.4, 0.5) is 0 Å². The molecule has 140 valence electrons. The van der Waals surface area contributed by atoms with Crippen LogP contribution in [0.3, 0.4) is 0 Å². The Kier molecular flexibility index (Phi) is 6.35. The van der Waals surface area contributed by atoms with E-state index < -0.39 is 0 Å². The molecule has 1 fully saturated rings. The SMILES string of the molecule is CC(C)N(C(=O)CSc1nnc(-c2ccccc2)n1C)C1CCCCC1. The van der Waals surface area contributed by atoms with Crippen molar-refractivity contribution in [2.75, 3.05) is 5.75 Å². The lowest BCUT2D eigenvalue weighted by Gasteiger charge is -2.37. The molecular weight excluding hydrogens is 344 g/mol. The molecule has 6 heteroatoms. The minimum atomic E-state index is 0.209. The van der Waals surface area contributed by atoms with Crippen molar-refractivity contribution in [1.29, 1.82) is 0 Å². The summed E-state index contributed by atoms with van der Waals surface area (Å²) in [7, 11) is 1.95. The van der Waals surface area contributed by atoms with Crippen molar-refractivity contribution < 1.29 is 4.79 Å². The number of hydrogen-bond donors (Lipinski definition) is 0. The highest BCUT2D eigenvalue weighted by Gasteiger charge is 2.27. The van der Waals surface area contributed by atoms with E-state index in [-0.39, 0.29) is 11.9 Å². The summed E-state index contributed by atoms with van der Waals surface area (Å²) in [5.41, 5.74) is 1.03. The summed E-state index contributed by atoms with van der Waals surface area (Å²) in [6.45, 7) is 4.24. The van der Waals surface area contributed by atoms with Crippen LogP contribution in [0, 0.1) is 0 Å². The predicted molar refractivity (Wildman–Crippen MR) is 106 cm³/mol. The van der Waals surface area contributed by atoms with E-state index >= 15 is 0 Å². The normalized spacial score (nSPS) is 15.4. The molecule has 1 aromatic heterocycles. The highest BCUT2D eigenvalue weighted by molar-refractivity contribution is 7.99. The van der Waals surface area contributed by atoms with Gasteiger partial charge in [0.2, 0.25) is 5.91 Å². The van der Waals surface area contributed by atoms with Gasteiger partial charge in [-0.2, -0.15) is 0 Å².